The van der Waals surface area contributed by atoms with E-state index in [2.05, 4.69) is 20.9 Å². The van der Waals surface area contributed by atoms with Crippen molar-refractivity contribution in [3.63, 3.8) is 0 Å². The lowest BCUT2D eigenvalue weighted by molar-refractivity contribution is 0.0721. The Labute approximate surface area is 128 Å². The number of rotatable bonds is 4. The lowest BCUT2D eigenvalue weighted by Gasteiger charge is -2.26. The number of carbonyl (C=O) groups is 1. The third-order valence-electron chi connectivity index (χ3n) is 3.28. The van der Waals surface area contributed by atoms with Crippen LogP contribution in [0.15, 0.2) is 30.3 Å². The van der Waals surface area contributed by atoms with Gasteiger partial charge in [-0.25, -0.2) is 0 Å². The highest BCUT2D eigenvalue weighted by atomic mass is 79.9. The third-order valence-corrected chi connectivity index (χ3v) is 3.64. The molecule has 0 fully saturated rings. The Bertz CT molecular complexity index is 625. The Kier molecular flexibility index (Phi) is 4.76. The fourth-order valence-electron chi connectivity index (χ4n) is 2.32. The molecule has 1 aromatic heterocycles. The van der Waals surface area contributed by atoms with Crippen LogP contribution in [0.2, 0.25) is 0 Å². The van der Waals surface area contributed by atoms with Gasteiger partial charge in [-0.15, -0.1) is 0 Å². The summed E-state index contributed by atoms with van der Waals surface area (Å²) in [6.07, 6.45) is 0. The molecule has 1 heterocycles. The molecule has 2 aromatic rings. The number of hydrogen-bond acceptors (Lipinski definition) is 2. The van der Waals surface area contributed by atoms with Crippen LogP contribution in [-0.2, 0) is 0 Å². The maximum Gasteiger partial charge on any atom is 0.254 e. The van der Waals surface area contributed by atoms with Gasteiger partial charge in [0, 0.05) is 29.0 Å². The summed E-state index contributed by atoms with van der Waals surface area (Å²) in [4.78, 5) is 19.2. The van der Waals surface area contributed by atoms with E-state index in [4.69, 9.17) is 0 Å². The molecule has 20 heavy (non-hydrogen) atoms. The fourth-order valence-corrected chi connectivity index (χ4v) is 2.71. The molecular weight excluding hydrogens is 316 g/mol. The number of pyridine rings is 1. The second-order valence-corrected chi connectivity index (χ2v) is 5.90. The zero-order valence-corrected chi connectivity index (χ0v) is 13.6. The van der Waals surface area contributed by atoms with E-state index in [0.29, 0.717) is 6.54 Å². The average molecular weight is 335 g/mol. The SMILES string of the molecule is Cc1cc(C(=O)N(CCBr)C(C)C)c2ccccc2n1. The van der Waals surface area contributed by atoms with E-state index < -0.39 is 0 Å². The van der Waals surface area contributed by atoms with Crippen molar-refractivity contribution in [1.82, 2.24) is 9.88 Å². The van der Waals surface area contributed by atoms with Gasteiger partial charge >= 0.3 is 0 Å². The molecule has 106 valence electrons. The van der Waals surface area contributed by atoms with Gasteiger partial charge in [0.2, 0.25) is 0 Å². The van der Waals surface area contributed by atoms with Crippen LogP contribution >= 0.6 is 15.9 Å². The van der Waals surface area contributed by atoms with Crippen molar-refractivity contribution in [2.75, 3.05) is 11.9 Å². The second kappa shape index (κ2) is 6.35. The van der Waals surface area contributed by atoms with Crippen molar-refractivity contribution in [3.8, 4) is 0 Å². The van der Waals surface area contributed by atoms with Gasteiger partial charge in [-0.1, -0.05) is 34.1 Å². The summed E-state index contributed by atoms with van der Waals surface area (Å²) in [5.74, 6) is 0.0705. The molecule has 0 aliphatic rings. The summed E-state index contributed by atoms with van der Waals surface area (Å²) >= 11 is 3.42. The third kappa shape index (κ3) is 3.01. The van der Waals surface area contributed by atoms with E-state index in [-0.39, 0.29) is 11.9 Å². The van der Waals surface area contributed by atoms with E-state index in [1.807, 2.05) is 56.0 Å². The zero-order chi connectivity index (χ0) is 14.7. The van der Waals surface area contributed by atoms with Crippen LogP contribution in [0.25, 0.3) is 10.9 Å². The maximum absolute atomic E-state index is 12.8. The summed E-state index contributed by atoms with van der Waals surface area (Å²) in [6.45, 7) is 6.70. The molecule has 2 rings (SSSR count). The van der Waals surface area contributed by atoms with E-state index >= 15 is 0 Å². The fraction of sp³-hybridized carbons (Fsp3) is 0.375. The summed E-state index contributed by atoms with van der Waals surface area (Å²) in [7, 11) is 0. The highest BCUT2D eigenvalue weighted by Crippen LogP contribution is 2.20. The minimum Gasteiger partial charge on any atom is -0.335 e. The number of para-hydroxylation sites is 1. The number of carbonyl (C=O) groups excluding carboxylic acids is 1. The van der Waals surface area contributed by atoms with Crippen LogP contribution in [0.1, 0.15) is 29.9 Å². The largest absolute Gasteiger partial charge is 0.335 e. The number of aryl methyl sites for hydroxylation is 1. The monoisotopic (exact) mass is 334 g/mol. The first-order chi connectivity index (χ1) is 9.54. The van der Waals surface area contributed by atoms with Gasteiger partial charge in [0.25, 0.3) is 5.91 Å². The molecule has 4 heteroatoms. The van der Waals surface area contributed by atoms with Gasteiger partial charge in [0.05, 0.1) is 11.1 Å². The first-order valence-electron chi connectivity index (χ1n) is 6.78. The topological polar surface area (TPSA) is 33.2 Å². The molecule has 0 spiro atoms. The molecule has 0 aliphatic carbocycles. The summed E-state index contributed by atoms with van der Waals surface area (Å²) < 4.78 is 0. The van der Waals surface area contributed by atoms with Crippen molar-refractivity contribution in [2.45, 2.75) is 26.8 Å². The van der Waals surface area contributed by atoms with Crippen molar-refractivity contribution >= 4 is 32.7 Å². The summed E-state index contributed by atoms with van der Waals surface area (Å²) in [6, 6.07) is 9.86. The lowest BCUT2D eigenvalue weighted by Crippen LogP contribution is -2.38. The predicted molar refractivity (Wildman–Crippen MR) is 86.4 cm³/mol. The molecule has 0 atom stereocenters. The lowest BCUT2D eigenvalue weighted by atomic mass is 10.1. The molecule has 0 N–H and O–H groups in total. The number of alkyl halides is 1. The standard InChI is InChI=1S/C16H19BrN2O/c1-11(2)19(9-8-17)16(20)14-10-12(3)18-15-7-5-4-6-13(14)15/h4-7,10-11H,8-9H2,1-3H3. The van der Waals surface area contributed by atoms with E-state index in [1.165, 1.54) is 0 Å². The zero-order valence-electron chi connectivity index (χ0n) is 12.1. The quantitative estimate of drug-likeness (QED) is 0.797. The van der Waals surface area contributed by atoms with Crippen LogP contribution in [0.5, 0.6) is 0 Å². The molecule has 1 amide bonds. The summed E-state index contributed by atoms with van der Waals surface area (Å²) in [5.41, 5.74) is 2.48. The van der Waals surface area contributed by atoms with E-state index in [0.717, 1.165) is 27.5 Å². The van der Waals surface area contributed by atoms with Gasteiger partial charge in [-0.3, -0.25) is 9.78 Å². The van der Waals surface area contributed by atoms with Crippen molar-refractivity contribution in [3.05, 3.63) is 41.6 Å². The minimum atomic E-state index is 0.0705. The van der Waals surface area contributed by atoms with Gasteiger partial charge in [0.15, 0.2) is 0 Å². The number of amides is 1. The molecule has 1 aromatic carbocycles. The minimum absolute atomic E-state index is 0.0705. The molecule has 3 nitrogen and oxygen atoms in total. The Morgan fingerprint density at radius 2 is 2.05 bits per heavy atom. The van der Waals surface area contributed by atoms with Crippen molar-refractivity contribution in [2.24, 2.45) is 0 Å². The van der Waals surface area contributed by atoms with E-state index in [9.17, 15) is 4.79 Å². The van der Waals surface area contributed by atoms with Gasteiger partial charge in [-0.05, 0) is 32.9 Å². The Morgan fingerprint density at radius 1 is 1.35 bits per heavy atom. The maximum atomic E-state index is 12.8. The molecule has 0 radical (unpaired) electrons. The molecule has 0 saturated carbocycles. The highest BCUT2D eigenvalue weighted by Gasteiger charge is 2.20. The number of halogens is 1. The van der Waals surface area contributed by atoms with Gasteiger partial charge in [0.1, 0.15) is 0 Å². The van der Waals surface area contributed by atoms with Crippen LogP contribution < -0.4 is 0 Å². The Balaban J connectivity index is 2.53. The molecule has 0 bridgehead atoms. The van der Waals surface area contributed by atoms with Crippen LogP contribution in [0.3, 0.4) is 0 Å². The normalized spacial score (nSPS) is 11.1. The Hall–Kier alpha value is -1.42. The van der Waals surface area contributed by atoms with Gasteiger partial charge < -0.3 is 4.90 Å². The second-order valence-electron chi connectivity index (χ2n) is 5.11. The molecule has 0 saturated heterocycles. The highest BCUT2D eigenvalue weighted by molar-refractivity contribution is 9.09. The molecule has 0 unspecified atom stereocenters. The number of aromatic nitrogens is 1. The van der Waals surface area contributed by atoms with E-state index in [1.54, 1.807) is 0 Å². The molecule has 0 aliphatic heterocycles. The summed E-state index contributed by atoms with van der Waals surface area (Å²) in [5, 5.41) is 1.70. The van der Waals surface area contributed by atoms with Crippen molar-refractivity contribution < 1.29 is 4.79 Å². The average Bonchev–Trinajstić information content (AvgIpc) is 2.42. The number of hydrogen-bond donors (Lipinski definition) is 0. The molecular formula is C16H19BrN2O. The van der Waals surface area contributed by atoms with Crippen molar-refractivity contribution in [1.29, 1.82) is 0 Å². The predicted octanol–water partition coefficient (Wildman–Crippen LogP) is 3.79. The smallest absolute Gasteiger partial charge is 0.254 e. The van der Waals surface area contributed by atoms with Crippen LogP contribution in [0, 0.1) is 6.92 Å². The first kappa shape index (κ1) is 15.0. The number of benzene rings is 1. The number of nitrogens with zero attached hydrogens (tertiary/aromatic N) is 2. The van der Waals surface area contributed by atoms with Gasteiger partial charge in [-0.2, -0.15) is 0 Å². The number of fused-ring (bicyclic) bond motifs is 1. The van der Waals surface area contributed by atoms with Crippen LogP contribution in [0.4, 0.5) is 0 Å². The first-order valence-corrected chi connectivity index (χ1v) is 7.90. The van der Waals surface area contributed by atoms with Crippen LogP contribution in [-0.4, -0.2) is 33.7 Å². The Morgan fingerprint density at radius 3 is 2.70 bits per heavy atom.